The molecule has 3 aromatic rings. The van der Waals surface area contributed by atoms with Crippen LogP contribution < -0.4 is 5.32 Å². The smallest absolute Gasteiger partial charge is 0.137 e. The van der Waals surface area contributed by atoms with Gasteiger partial charge in [-0.05, 0) is 37.7 Å². The van der Waals surface area contributed by atoms with Gasteiger partial charge in [0.05, 0.1) is 4.34 Å². The van der Waals surface area contributed by atoms with Gasteiger partial charge in [-0.2, -0.15) is 0 Å². The number of furan rings is 1. The number of rotatable bonds is 3. The molecule has 19 heavy (non-hydrogen) atoms. The maximum absolute atomic E-state index is 6.02. The summed E-state index contributed by atoms with van der Waals surface area (Å²) in [6, 6.07) is 12.3. The first-order chi connectivity index (χ1) is 9.19. The second-order valence-corrected chi connectivity index (χ2v) is 6.25. The monoisotopic (exact) mass is 291 g/mol. The average Bonchev–Trinajstić information content (AvgIpc) is 2.98. The van der Waals surface area contributed by atoms with Gasteiger partial charge in [-0.15, -0.1) is 11.3 Å². The van der Waals surface area contributed by atoms with Crippen LogP contribution >= 0.6 is 22.9 Å². The van der Waals surface area contributed by atoms with Crippen LogP contribution in [0.25, 0.3) is 11.0 Å². The normalized spacial score (nSPS) is 13.0. The van der Waals surface area contributed by atoms with Gasteiger partial charge in [0.1, 0.15) is 17.4 Å². The lowest BCUT2D eigenvalue weighted by molar-refractivity contribution is 0.494. The summed E-state index contributed by atoms with van der Waals surface area (Å²) >= 11 is 7.59. The minimum absolute atomic E-state index is 0.0456. The van der Waals surface area contributed by atoms with Crippen molar-refractivity contribution in [3.63, 3.8) is 0 Å². The maximum Gasteiger partial charge on any atom is 0.137 e. The molecule has 0 amide bonds. The summed E-state index contributed by atoms with van der Waals surface area (Å²) in [7, 11) is 1.93. The van der Waals surface area contributed by atoms with E-state index in [1.54, 1.807) is 11.3 Å². The highest BCUT2D eigenvalue weighted by Crippen LogP contribution is 2.34. The zero-order valence-electron chi connectivity index (χ0n) is 10.7. The summed E-state index contributed by atoms with van der Waals surface area (Å²) in [4.78, 5) is 1.16. The lowest BCUT2D eigenvalue weighted by Crippen LogP contribution is -2.15. The van der Waals surface area contributed by atoms with E-state index in [9.17, 15) is 0 Å². The highest BCUT2D eigenvalue weighted by Gasteiger charge is 2.19. The van der Waals surface area contributed by atoms with Gasteiger partial charge in [-0.3, -0.25) is 0 Å². The minimum atomic E-state index is 0.0456. The van der Waals surface area contributed by atoms with E-state index in [1.165, 1.54) is 0 Å². The van der Waals surface area contributed by atoms with E-state index in [0.29, 0.717) is 0 Å². The Hall–Kier alpha value is -1.29. The molecule has 1 N–H and O–H groups in total. The molecular weight excluding hydrogens is 278 g/mol. The van der Waals surface area contributed by atoms with E-state index in [0.717, 1.165) is 31.5 Å². The van der Waals surface area contributed by atoms with Crippen LogP contribution in [0.15, 0.2) is 40.8 Å². The van der Waals surface area contributed by atoms with Crippen LogP contribution in [0.5, 0.6) is 0 Å². The Kier molecular flexibility index (Phi) is 3.35. The molecule has 2 heterocycles. The molecule has 0 radical (unpaired) electrons. The standard InChI is InChI=1S/C15H14ClNOS/c1-9-4-3-5-10-8-11(18-15(9)10)14(17-2)12-6-7-13(16)19-12/h3-8,14,17H,1-2H3. The molecule has 1 unspecified atom stereocenters. The van der Waals surface area contributed by atoms with Crippen LogP contribution in [-0.2, 0) is 0 Å². The number of nitrogens with one attached hydrogen (secondary N) is 1. The molecule has 0 spiro atoms. The van der Waals surface area contributed by atoms with Crippen molar-refractivity contribution in [2.24, 2.45) is 0 Å². The van der Waals surface area contributed by atoms with Crippen LogP contribution in [0.4, 0.5) is 0 Å². The Labute approximate surface area is 121 Å². The molecule has 1 atom stereocenters. The summed E-state index contributed by atoms with van der Waals surface area (Å²) < 4.78 is 6.81. The molecule has 0 aliphatic heterocycles. The molecule has 0 bridgehead atoms. The molecule has 0 saturated carbocycles. The number of halogens is 1. The van der Waals surface area contributed by atoms with Crippen molar-refractivity contribution in [3.05, 3.63) is 56.9 Å². The van der Waals surface area contributed by atoms with Gasteiger partial charge in [0.15, 0.2) is 0 Å². The molecule has 0 fully saturated rings. The highest BCUT2D eigenvalue weighted by molar-refractivity contribution is 7.16. The zero-order valence-corrected chi connectivity index (χ0v) is 12.3. The predicted octanol–water partition coefficient (Wildman–Crippen LogP) is 4.76. The SMILES string of the molecule is CNC(c1cc2cccc(C)c2o1)c1ccc(Cl)s1. The first-order valence-corrected chi connectivity index (χ1v) is 7.30. The third-order valence-electron chi connectivity index (χ3n) is 3.21. The Bertz CT molecular complexity index is 716. The fourth-order valence-electron chi connectivity index (χ4n) is 2.28. The largest absolute Gasteiger partial charge is 0.459 e. The van der Waals surface area contributed by atoms with Gasteiger partial charge >= 0.3 is 0 Å². The van der Waals surface area contributed by atoms with Gasteiger partial charge in [-0.25, -0.2) is 0 Å². The summed E-state index contributed by atoms with van der Waals surface area (Å²) in [6.07, 6.45) is 0. The third-order valence-corrected chi connectivity index (χ3v) is 4.51. The van der Waals surface area contributed by atoms with Crippen molar-refractivity contribution in [2.45, 2.75) is 13.0 Å². The van der Waals surface area contributed by atoms with Crippen LogP contribution in [0.1, 0.15) is 22.2 Å². The Morgan fingerprint density at radius 2 is 2.11 bits per heavy atom. The molecule has 3 rings (SSSR count). The van der Waals surface area contributed by atoms with Crippen molar-refractivity contribution in [1.29, 1.82) is 0 Å². The van der Waals surface area contributed by atoms with Crippen LogP contribution in [0.3, 0.4) is 0 Å². The average molecular weight is 292 g/mol. The molecule has 1 aromatic carbocycles. The topological polar surface area (TPSA) is 25.2 Å². The number of thiophene rings is 1. The summed E-state index contributed by atoms with van der Waals surface area (Å²) in [5.74, 6) is 0.922. The predicted molar refractivity (Wildman–Crippen MR) is 81.2 cm³/mol. The molecule has 2 aromatic heterocycles. The quantitative estimate of drug-likeness (QED) is 0.752. The molecule has 4 heteroatoms. The summed E-state index contributed by atoms with van der Waals surface area (Å²) in [5.41, 5.74) is 2.11. The fraction of sp³-hybridized carbons (Fsp3) is 0.200. The summed E-state index contributed by atoms with van der Waals surface area (Å²) in [5, 5.41) is 4.42. The first-order valence-electron chi connectivity index (χ1n) is 6.10. The van der Waals surface area contributed by atoms with E-state index in [1.807, 2.05) is 25.2 Å². The Morgan fingerprint density at radius 1 is 1.26 bits per heavy atom. The fourth-order valence-corrected chi connectivity index (χ4v) is 3.46. The molecule has 0 saturated heterocycles. The van der Waals surface area contributed by atoms with Gasteiger partial charge in [0.25, 0.3) is 0 Å². The van der Waals surface area contributed by atoms with E-state index in [-0.39, 0.29) is 6.04 Å². The van der Waals surface area contributed by atoms with Gasteiger partial charge < -0.3 is 9.73 Å². The molecule has 0 aliphatic rings. The first kappa shape index (κ1) is 12.7. The Balaban J connectivity index is 2.09. The highest BCUT2D eigenvalue weighted by atomic mass is 35.5. The lowest BCUT2D eigenvalue weighted by atomic mass is 10.1. The molecule has 98 valence electrons. The second-order valence-electron chi connectivity index (χ2n) is 4.51. The van der Waals surface area contributed by atoms with E-state index >= 15 is 0 Å². The van der Waals surface area contributed by atoms with E-state index < -0.39 is 0 Å². The maximum atomic E-state index is 6.02. The number of fused-ring (bicyclic) bond motifs is 1. The van der Waals surface area contributed by atoms with Crippen LogP contribution in [0, 0.1) is 6.92 Å². The number of aryl methyl sites for hydroxylation is 1. The van der Waals surface area contributed by atoms with Crippen molar-refractivity contribution in [2.75, 3.05) is 7.05 Å². The number of para-hydroxylation sites is 1. The van der Waals surface area contributed by atoms with Crippen LogP contribution in [-0.4, -0.2) is 7.05 Å². The lowest BCUT2D eigenvalue weighted by Gasteiger charge is -2.10. The number of benzene rings is 1. The van der Waals surface area contributed by atoms with Gasteiger partial charge in [0, 0.05) is 10.3 Å². The molecule has 0 aliphatic carbocycles. The number of hydrogen-bond donors (Lipinski definition) is 1. The van der Waals surface area contributed by atoms with E-state index in [4.69, 9.17) is 16.0 Å². The van der Waals surface area contributed by atoms with Crippen molar-refractivity contribution >= 4 is 33.9 Å². The van der Waals surface area contributed by atoms with E-state index in [2.05, 4.69) is 30.4 Å². The number of hydrogen-bond acceptors (Lipinski definition) is 3. The van der Waals surface area contributed by atoms with Crippen molar-refractivity contribution in [1.82, 2.24) is 5.32 Å². The summed E-state index contributed by atoms with van der Waals surface area (Å²) in [6.45, 7) is 2.06. The van der Waals surface area contributed by atoms with Crippen molar-refractivity contribution in [3.8, 4) is 0 Å². The minimum Gasteiger partial charge on any atom is -0.459 e. The van der Waals surface area contributed by atoms with Gasteiger partial charge in [0.2, 0.25) is 0 Å². The van der Waals surface area contributed by atoms with Gasteiger partial charge in [-0.1, -0.05) is 29.8 Å². The third kappa shape index (κ3) is 2.29. The second kappa shape index (κ2) is 5.00. The molecule has 2 nitrogen and oxygen atoms in total. The van der Waals surface area contributed by atoms with Crippen LogP contribution in [0.2, 0.25) is 4.34 Å². The Morgan fingerprint density at radius 3 is 2.74 bits per heavy atom. The van der Waals surface area contributed by atoms with Crippen molar-refractivity contribution < 1.29 is 4.42 Å². The zero-order chi connectivity index (χ0) is 13.4. The molecular formula is C15H14ClNOS.